The Hall–Kier alpha value is -0.860. The molecule has 2 nitrogen and oxygen atoms in total. The van der Waals surface area contributed by atoms with Crippen LogP contribution >= 0.6 is 0 Å². The number of rotatable bonds is 4. The molecule has 1 saturated heterocycles. The number of hydrogen-bond acceptors (Lipinski definition) is 2. The molecule has 0 aliphatic carbocycles. The molecule has 1 aliphatic rings. The lowest BCUT2D eigenvalue weighted by Gasteiger charge is -2.24. The smallest absolute Gasteiger partial charge is 0.0193 e. The molecule has 0 amide bonds. The van der Waals surface area contributed by atoms with Crippen LogP contribution in [0.4, 0.5) is 0 Å². The van der Waals surface area contributed by atoms with Gasteiger partial charge in [-0.2, -0.15) is 0 Å². The summed E-state index contributed by atoms with van der Waals surface area (Å²) in [5.41, 5.74) is 3.11. The molecule has 0 saturated carbocycles. The minimum Gasteiger partial charge on any atom is -0.315 e. The Labute approximate surface area is 118 Å². The van der Waals surface area contributed by atoms with E-state index < -0.39 is 0 Å². The molecule has 106 valence electrons. The highest BCUT2D eigenvalue weighted by Gasteiger charge is 2.13. The minimum absolute atomic E-state index is 0.255. The maximum Gasteiger partial charge on any atom is 0.0193 e. The molecule has 1 aliphatic heterocycles. The van der Waals surface area contributed by atoms with Crippen LogP contribution < -0.4 is 10.6 Å². The average molecular weight is 260 g/mol. The Morgan fingerprint density at radius 3 is 2.53 bits per heavy atom. The zero-order chi connectivity index (χ0) is 13.7. The zero-order valence-electron chi connectivity index (χ0n) is 12.6. The molecule has 1 aromatic rings. The first-order valence-corrected chi connectivity index (χ1v) is 7.59. The molecule has 0 radical (unpaired) electrons. The molecule has 2 rings (SSSR count). The summed E-state index contributed by atoms with van der Waals surface area (Å²) in [4.78, 5) is 0. The molecule has 1 unspecified atom stereocenters. The lowest BCUT2D eigenvalue weighted by molar-refractivity contribution is 0.392. The average Bonchev–Trinajstić information content (AvgIpc) is 2.39. The second kappa shape index (κ2) is 6.53. The summed E-state index contributed by atoms with van der Waals surface area (Å²) in [6.45, 7) is 10.2. The van der Waals surface area contributed by atoms with Gasteiger partial charge in [0.2, 0.25) is 0 Å². The highest BCUT2D eigenvalue weighted by atomic mass is 15.0. The van der Waals surface area contributed by atoms with E-state index in [0.29, 0.717) is 6.04 Å². The van der Waals surface area contributed by atoms with Gasteiger partial charge in [-0.3, -0.25) is 0 Å². The third kappa shape index (κ3) is 4.63. The van der Waals surface area contributed by atoms with Crippen LogP contribution in [0.3, 0.4) is 0 Å². The first-order valence-electron chi connectivity index (χ1n) is 7.59. The maximum absolute atomic E-state index is 3.65. The van der Waals surface area contributed by atoms with Crippen molar-refractivity contribution in [2.45, 2.75) is 51.5 Å². The van der Waals surface area contributed by atoms with E-state index in [0.717, 1.165) is 19.5 Å². The Morgan fingerprint density at radius 1 is 1.21 bits per heavy atom. The van der Waals surface area contributed by atoms with Crippen molar-refractivity contribution >= 4 is 0 Å². The standard InChI is InChI=1S/C17H28N2/c1-17(2,3)15-8-6-14(7-9-15)10-12-19-16-5-4-11-18-13-16/h6-9,16,18-19H,4-5,10-13H2,1-3H3. The molecular weight excluding hydrogens is 232 g/mol. The van der Waals surface area contributed by atoms with Gasteiger partial charge in [0.05, 0.1) is 0 Å². The van der Waals surface area contributed by atoms with Crippen molar-refractivity contribution in [3.05, 3.63) is 35.4 Å². The van der Waals surface area contributed by atoms with Gasteiger partial charge in [0, 0.05) is 12.6 Å². The quantitative estimate of drug-likeness (QED) is 0.870. The Kier molecular flexibility index (Phi) is 5.00. The van der Waals surface area contributed by atoms with Crippen LogP contribution in [0.1, 0.15) is 44.7 Å². The fourth-order valence-corrected chi connectivity index (χ4v) is 2.62. The molecule has 19 heavy (non-hydrogen) atoms. The predicted molar refractivity (Wildman–Crippen MR) is 82.7 cm³/mol. The highest BCUT2D eigenvalue weighted by Crippen LogP contribution is 2.22. The van der Waals surface area contributed by atoms with Crippen molar-refractivity contribution < 1.29 is 0 Å². The van der Waals surface area contributed by atoms with E-state index in [-0.39, 0.29) is 5.41 Å². The van der Waals surface area contributed by atoms with Gasteiger partial charge in [0.25, 0.3) is 0 Å². The van der Waals surface area contributed by atoms with Crippen molar-refractivity contribution in [1.29, 1.82) is 0 Å². The van der Waals surface area contributed by atoms with E-state index in [1.165, 1.54) is 30.5 Å². The Balaban J connectivity index is 1.76. The van der Waals surface area contributed by atoms with Gasteiger partial charge < -0.3 is 10.6 Å². The lowest BCUT2D eigenvalue weighted by Crippen LogP contribution is -2.43. The Morgan fingerprint density at radius 2 is 1.95 bits per heavy atom. The first kappa shape index (κ1) is 14.5. The van der Waals surface area contributed by atoms with Crippen molar-refractivity contribution in [2.75, 3.05) is 19.6 Å². The minimum atomic E-state index is 0.255. The summed E-state index contributed by atoms with van der Waals surface area (Å²) in [5.74, 6) is 0. The third-order valence-corrected chi connectivity index (χ3v) is 3.96. The largest absolute Gasteiger partial charge is 0.315 e. The summed E-state index contributed by atoms with van der Waals surface area (Å²) in [5, 5.41) is 7.10. The van der Waals surface area contributed by atoms with E-state index in [1.54, 1.807) is 0 Å². The molecule has 2 N–H and O–H groups in total. The molecule has 2 heteroatoms. The molecule has 1 atom stereocenters. The van der Waals surface area contributed by atoms with Gasteiger partial charge in [-0.25, -0.2) is 0 Å². The number of piperidine rings is 1. The first-order chi connectivity index (χ1) is 9.05. The van der Waals surface area contributed by atoms with Gasteiger partial charge in [0.1, 0.15) is 0 Å². The number of benzene rings is 1. The van der Waals surface area contributed by atoms with Crippen molar-refractivity contribution in [3.8, 4) is 0 Å². The summed E-state index contributed by atoms with van der Waals surface area (Å²) in [7, 11) is 0. The van der Waals surface area contributed by atoms with E-state index in [2.05, 4.69) is 55.7 Å². The van der Waals surface area contributed by atoms with E-state index in [1.807, 2.05) is 0 Å². The topological polar surface area (TPSA) is 24.1 Å². The van der Waals surface area contributed by atoms with Crippen molar-refractivity contribution in [2.24, 2.45) is 0 Å². The van der Waals surface area contributed by atoms with Gasteiger partial charge in [-0.05, 0) is 48.9 Å². The maximum atomic E-state index is 3.65. The van der Waals surface area contributed by atoms with Gasteiger partial charge in [-0.1, -0.05) is 45.0 Å². The monoisotopic (exact) mass is 260 g/mol. The van der Waals surface area contributed by atoms with Gasteiger partial charge >= 0.3 is 0 Å². The fraction of sp³-hybridized carbons (Fsp3) is 0.647. The summed E-state index contributed by atoms with van der Waals surface area (Å²) in [6, 6.07) is 9.78. The third-order valence-electron chi connectivity index (χ3n) is 3.96. The summed E-state index contributed by atoms with van der Waals surface area (Å²) < 4.78 is 0. The molecule has 1 aromatic carbocycles. The SMILES string of the molecule is CC(C)(C)c1ccc(CCNC2CCCNC2)cc1. The molecule has 0 spiro atoms. The van der Waals surface area contributed by atoms with Gasteiger partial charge in [0.15, 0.2) is 0 Å². The summed E-state index contributed by atoms with van der Waals surface area (Å²) >= 11 is 0. The molecule has 0 bridgehead atoms. The van der Waals surface area contributed by atoms with Gasteiger partial charge in [-0.15, -0.1) is 0 Å². The molecule has 1 fully saturated rings. The molecular formula is C17H28N2. The normalized spacial score (nSPS) is 20.5. The zero-order valence-corrected chi connectivity index (χ0v) is 12.6. The van der Waals surface area contributed by atoms with E-state index >= 15 is 0 Å². The number of hydrogen-bond donors (Lipinski definition) is 2. The number of nitrogens with one attached hydrogen (secondary N) is 2. The van der Waals surface area contributed by atoms with Crippen LogP contribution in [0, 0.1) is 0 Å². The van der Waals surface area contributed by atoms with Crippen molar-refractivity contribution in [3.63, 3.8) is 0 Å². The highest BCUT2D eigenvalue weighted by molar-refractivity contribution is 5.27. The summed E-state index contributed by atoms with van der Waals surface area (Å²) in [6.07, 6.45) is 3.74. The van der Waals surface area contributed by atoms with E-state index in [9.17, 15) is 0 Å². The van der Waals surface area contributed by atoms with Crippen molar-refractivity contribution in [1.82, 2.24) is 10.6 Å². The Bertz CT molecular complexity index is 369. The second-order valence-corrected chi connectivity index (χ2v) is 6.69. The molecule has 0 aromatic heterocycles. The van der Waals surface area contributed by atoms with E-state index in [4.69, 9.17) is 0 Å². The second-order valence-electron chi connectivity index (χ2n) is 6.69. The van der Waals surface area contributed by atoms with Crippen LogP contribution in [0.5, 0.6) is 0 Å². The van der Waals surface area contributed by atoms with Crippen LogP contribution in [0.2, 0.25) is 0 Å². The lowest BCUT2D eigenvalue weighted by atomic mass is 9.86. The predicted octanol–water partition coefficient (Wildman–Crippen LogP) is 2.87. The van der Waals surface area contributed by atoms with Crippen LogP contribution in [-0.2, 0) is 11.8 Å². The van der Waals surface area contributed by atoms with Crippen LogP contribution in [-0.4, -0.2) is 25.7 Å². The fourth-order valence-electron chi connectivity index (χ4n) is 2.62. The van der Waals surface area contributed by atoms with Crippen LogP contribution in [0.25, 0.3) is 0 Å². The van der Waals surface area contributed by atoms with Crippen LogP contribution in [0.15, 0.2) is 24.3 Å². The molecule has 1 heterocycles.